The molecule has 1 aromatic rings. The molecule has 0 heterocycles. The lowest BCUT2D eigenvalue weighted by Gasteiger charge is -2.25. The van der Waals surface area contributed by atoms with Gasteiger partial charge in [0.2, 0.25) is 0 Å². The summed E-state index contributed by atoms with van der Waals surface area (Å²) < 4.78 is 18.6. The minimum absolute atomic E-state index is 0.164. The molecule has 0 fully saturated rings. The number of hydrogen-bond donors (Lipinski definition) is 1. The van der Waals surface area contributed by atoms with E-state index in [1.807, 2.05) is 6.07 Å². The van der Waals surface area contributed by atoms with Gasteiger partial charge in [-0.2, -0.15) is 0 Å². The number of likely N-dealkylation sites (N-methyl/N-ethyl adjacent to an activating group) is 1. The maximum atomic E-state index is 13.4. The first kappa shape index (κ1) is 18.1. The fraction of sp³-hybridized carbons (Fsp3) is 0.647. The van der Waals surface area contributed by atoms with Crippen LogP contribution in [0.2, 0.25) is 0 Å². The van der Waals surface area contributed by atoms with E-state index in [-0.39, 0.29) is 11.9 Å². The molecule has 21 heavy (non-hydrogen) atoms. The fourth-order valence-corrected chi connectivity index (χ4v) is 2.39. The summed E-state index contributed by atoms with van der Waals surface area (Å²) in [7, 11) is 1.73. The molecule has 0 radical (unpaired) electrons. The van der Waals surface area contributed by atoms with Crippen LogP contribution >= 0.6 is 0 Å². The highest BCUT2D eigenvalue weighted by Crippen LogP contribution is 2.18. The summed E-state index contributed by atoms with van der Waals surface area (Å²) in [6.07, 6.45) is 2.05. The van der Waals surface area contributed by atoms with Gasteiger partial charge in [0, 0.05) is 26.2 Å². The van der Waals surface area contributed by atoms with Crippen molar-refractivity contribution in [2.75, 3.05) is 39.9 Å². The van der Waals surface area contributed by atoms with E-state index in [0.717, 1.165) is 51.2 Å². The summed E-state index contributed by atoms with van der Waals surface area (Å²) >= 11 is 0. The predicted molar refractivity (Wildman–Crippen MR) is 86.0 cm³/mol. The lowest BCUT2D eigenvalue weighted by Crippen LogP contribution is -2.32. The molecule has 1 rings (SSSR count). The van der Waals surface area contributed by atoms with Crippen LogP contribution in [0.15, 0.2) is 24.3 Å². The molecule has 1 N–H and O–H groups in total. The number of nitrogens with zero attached hydrogens (tertiary/aromatic N) is 1. The van der Waals surface area contributed by atoms with E-state index in [1.165, 1.54) is 6.07 Å². The highest BCUT2D eigenvalue weighted by Gasteiger charge is 2.13. The van der Waals surface area contributed by atoms with Crippen molar-refractivity contribution in [1.29, 1.82) is 0 Å². The number of benzene rings is 1. The van der Waals surface area contributed by atoms with Crippen LogP contribution in [0.25, 0.3) is 0 Å². The van der Waals surface area contributed by atoms with Crippen molar-refractivity contribution in [3.05, 3.63) is 35.6 Å². The van der Waals surface area contributed by atoms with Crippen molar-refractivity contribution in [3.8, 4) is 0 Å². The average molecular weight is 296 g/mol. The molecule has 0 saturated carbocycles. The van der Waals surface area contributed by atoms with Gasteiger partial charge in [-0.05, 0) is 43.6 Å². The zero-order valence-corrected chi connectivity index (χ0v) is 13.6. The molecule has 0 aromatic heterocycles. The standard InChI is InChI=1S/C17H29FN2O/c1-4-10-19-17(15-7-6-8-16(18)14-15)9-11-20(5-2)12-13-21-3/h6-8,14,17,19H,4-5,9-13H2,1-3H3. The molecular formula is C17H29FN2O. The van der Waals surface area contributed by atoms with Crippen LogP contribution in [0, 0.1) is 5.82 Å². The molecular weight excluding hydrogens is 267 g/mol. The Morgan fingerprint density at radius 3 is 2.71 bits per heavy atom. The van der Waals surface area contributed by atoms with Crippen LogP contribution in [-0.2, 0) is 4.74 Å². The summed E-state index contributed by atoms with van der Waals surface area (Å²) in [5.41, 5.74) is 1.03. The smallest absolute Gasteiger partial charge is 0.123 e. The van der Waals surface area contributed by atoms with E-state index in [1.54, 1.807) is 19.2 Å². The summed E-state index contributed by atoms with van der Waals surface area (Å²) in [4.78, 5) is 2.36. The summed E-state index contributed by atoms with van der Waals surface area (Å²) in [6, 6.07) is 7.13. The van der Waals surface area contributed by atoms with Gasteiger partial charge in [-0.15, -0.1) is 0 Å². The lowest BCUT2D eigenvalue weighted by atomic mass is 10.0. The molecule has 1 aromatic carbocycles. The average Bonchev–Trinajstić information content (AvgIpc) is 2.50. The third kappa shape index (κ3) is 7.02. The van der Waals surface area contributed by atoms with Crippen LogP contribution < -0.4 is 5.32 Å². The van der Waals surface area contributed by atoms with Gasteiger partial charge in [0.15, 0.2) is 0 Å². The Kier molecular flexibility index (Phi) is 9.22. The monoisotopic (exact) mass is 296 g/mol. The molecule has 0 aliphatic heterocycles. The molecule has 1 unspecified atom stereocenters. The summed E-state index contributed by atoms with van der Waals surface area (Å²) in [5, 5.41) is 3.52. The van der Waals surface area contributed by atoms with Gasteiger partial charge >= 0.3 is 0 Å². The third-order valence-corrected chi connectivity index (χ3v) is 3.68. The number of ether oxygens (including phenoxy) is 1. The molecule has 3 nitrogen and oxygen atoms in total. The molecule has 0 amide bonds. The Morgan fingerprint density at radius 1 is 1.29 bits per heavy atom. The van der Waals surface area contributed by atoms with Gasteiger partial charge in [-0.25, -0.2) is 4.39 Å². The van der Waals surface area contributed by atoms with Crippen LogP contribution in [0.5, 0.6) is 0 Å². The molecule has 0 aliphatic carbocycles. The fourth-order valence-electron chi connectivity index (χ4n) is 2.39. The van der Waals surface area contributed by atoms with Crippen LogP contribution in [0.1, 0.15) is 38.3 Å². The largest absolute Gasteiger partial charge is 0.383 e. The number of nitrogens with one attached hydrogen (secondary N) is 1. The second-order valence-electron chi connectivity index (χ2n) is 5.28. The van der Waals surface area contributed by atoms with Gasteiger partial charge in [-0.1, -0.05) is 26.0 Å². The Labute approximate surface area is 128 Å². The quantitative estimate of drug-likeness (QED) is 0.678. The normalized spacial score (nSPS) is 12.8. The first-order valence-corrected chi connectivity index (χ1v) is 7.91. The van der Waals surface area contributed by atoms with Crippen molar-refractivity contribution in [2.24, 2.45) is 0 Å². The van der Waals surface area contributed by atoms with E-state index >= 15 is 0 Å². The maximum Gasteiger partial charge on any atom is 0.123 e. The predicted octanol–water partition coefficient (Wildman–Crippen LogP) is 3.22. The number of halogens is 1. The van der Waals surface area contributed by atoms with Crippen LogP contribution in [0.4, 0.5) is 4.39 Å². The minimum Gasteiger partial charge on any atom is -0.383 e. The van der Waals surface area contributed by atoms with Crippen molar-refractivity contribution in [2.45, 2.75) is 32.7 Å². The summed E-state index contributed by atoms with van der Waals surface area (Å²) in [5.74, 6) is -0.164. The highest BCUT2D eigenvalue weighted by molar-refractivity contribution is 5.20. The van der Waals surface area contributed by atoms with Crippen molar-refractivity contribution in [3.63, 3.8) is 0 Å². The Bertz CT molecular complexity index is 387. The van der Waals surface area contributed by atoms with Crippen LogP contribution in [-0.4, -0.2) is 44.8 Å². The Hall–Kier alpha value is -0.970. The summed E-state index contributed by atoms with van der Waals surface area (Å²) in [6.45, 7) is 8.94. The van der Waals surface area contributed by atoms with Gasteiger partial charge in [0.25, 0.3) is 0 Å². The van der Waals surface area contributed by atoms with E-state index in [9.17, 15) is 4.39 Å². The SMILES string of the molecule is CCCNC(CCN(CC)CCOC)c1cccc(F)c1. The van der Waals surface area contributed by atoms with Crippen LogP contribution in [0.3, 0.4) is 0 Å². The van der Waals surface area contributed by atoms with Crippen molar-refractivity contribution >= 4 is 0 Å². The molecule has 120 valence electrons. The molecule has 0 aliphatic rings. The third-order valence-electron chi connectivity index (χ3n) is 3.68. The van der Waals surface area contributed by atoms with E-state index in [4.69, 9.17) is 4.74 Å². The second-order valence-corrected chi connectivity index (χ2v) is 5.28. The zero-order chi connectivity index (χ0) is 15.5. The maximum absolute atomic E-state index is 13.4. The minimum atomic E-state index is -0.164. The molecule has 0 saturated heterocycles. The van der Waals surface area contributed by atoms with E-state index in [2.05, 4.69) is 24.1 Å². The number of rotatable bonds is 11. The molecule has 4 heteroatoms. The van der Waals surface area contributed by atoms with Crippen molar-refractivity contribution < 1.29 is 9.13 Å². The van der Waals surface area contributed by atoms with Gasteiger partial charge in [0.05, 0.1) is 6.61 Å². The zero-order valence-electron chi connectivity index (χ0n) is 13.6. The Morgan fingerprint density at radius 2 is 2.10 bits per heavy atom. The van der Waals surface area contributed by atoms with Gasteiger partial charge in [-0.3, -0.25) is 0 Å². The topological polar surface area (TPSA) is 24.5 Å². The first-order chi connectivity index (χ1) is 10.2. The molecule has 0 spiro atoms. The highest BCUT2D eigenvalue weighted by atomic mass is 19.1. The second kappa shape index (κ2) is 10.7. The number of hydrogen-bond acceptors (Lipinski definition) is 3. The number of methoxy groups -OCH3 is 1. The van der Waals surface area contributed by atoms with Crippen molar-refractivity contribution in [1.82, 2.24) is 10.2 Å². The lowest BCUT2D eigenvalue weighted by molar-refractivity contribution is 0.148. The van der Waals surface area contributed by atoms with E-state index < -0.39 is 0 Å². The van der Waals surface area contributed by atoms with Gasteiger partial charge < -0.3 is 15.0 Å². The Balaban J connectivity index is 2.60. The van der Waals surface area contributed by atoms with E-state index in [0.29, 0.717) is 0 Å². The molecule has 1 atom stereocenters. The molecule has 0 bridgehead atoms. The first-order valence-electron chi connectivity index (χ1n) is 7.91. The van der Waals surface area contributed by atoms with Gasteiger partial charge in [0.1, 0.15) is 5.82 Å².